The van der Waals surface area contributed by atoms with Crippen molar-refractivity contribution < 1.29 is 9.84 Å². The molecule has 3 N–H and O–H groups in total. The second-order valence-electron chi connectivity index (χ2n) is 3.29. The van der Waals surface area contributed by atoms with Crippen LogP contribution in [0.4, 0.5) is 0 Å². The highest BCUT2D eigenvalue weighted by Crippen LogP contribution is 2.20. The van der Waals surface area contributed by atoms with E-state index in [4.69, 9.17) is 20.8 Å². The summed E-state index contributed by atoms with van der Waals surface area (Å²) in [5.41, 5.74) is 7.08. The minimum atomic E-state index is -0.299. The maximum Gasteiger partial charge on any atom is 0.123 e. The Bertz CT molecular complexity index is 371. The minimum Gasteiger partial charge on any atom is -0.496 e. The number of hydrogen-bond acceptors (Lipinski definition) is 4. The molecule has 0 radical (unpaired) electrons. The van der Waals surface area contributed by atoms with E-state index in [1.165, 1.54) is 0 Å². The van der Waals surface area contributed by atoms with Crippen molar-refractivity contribution in [2.75, 3.05) is 13.7 Å². The molecule has 15 heavy (non-hydrogen) atoms. The summed E-state index contributed by atoms with van der Waals surface area (Å²) in [6, 6.07) is 6.91. The fraction of sp³-hybridized carbons (Fsp3) is 0.364. The van der Waals surface area contributed by atoms with E-state index >= 15 is 0 Å². The summed E-state index contributed by atoms with van der Waals surface area (Å²) >= 11 is 0. The monoisotopic (exact) mass is 206 g/mol. The third-order valence-electron chi connectivity index (χ3n) is 2.13. The molecule has 0 saturated carbocycles. The first-order chi connectivity index (χ1) is 7.21. The van der Waals surface area contributed by atoms with E-state index in [1.807, 2.05) is 6.07 Å². The van der Waals surface area contributed by atoms with E-state index < -0.39 is 0 Å². The number of nitrogens with two attached hydrogens (primary N) is 1. The summed E-state index contributed by atoms with van der Waals surface area (Å²) in [6.07, 6.45) is 0.533. The van der Waals surface area contributed by atoms with Gasteiger partial charge in [0.1, 0.15) is 5.75 Å². The molecular formula is C11H14N2O2. The van der Waals surface area contributed by atoms with Crippen LogP contribution in [-0.4, -0.2) is 24.9 Å². The summed E-state index contributed by atoms with van der Waals surface area (Å²) in [4.78, 5) is 0. The van der Waals surface area contributed by atoms with Crippen molar-refractivity contribution in [3.8, 4) is 11.8 Å². The first-order valence-corrected chi connectivity index (χ1v) is 4.64. The Morgan fingerprint density at radius 2 is 2.33 bits per heavy atom. The fourth-order valence-corrected chi connectivity index (χ4v) is 1.33. The maximum absolute atomic E-state index is 8.84. The van der Waals surface area contributed by atoms with Crippen LogP contribution in [0.5, 0.6) is 5.75 Å². The first-order valence-electron chi connectivity index (χ1n) is 4.64. The Balaban J connectivity index is 2.93. The van der Waals surface area contributed by atoms with Crippen LogP contribution in [0.3, 0.4) is 0 Å². The highest BCUT2D eigenvalue weighted by molar-refractivity contribution is 5.42. The third kappa shape index (κ3) is 2.94. The molecule has 0 spiro atoms. The minimum absolute atomic E-state index is 0.0663. The zero-order valence-electron chi connectivity index (χ0n) is 8.60. The standard InChI is InChI=1S/C11H14N2O2/c1-15-11-4-8(6-12)2-3-9(11)5-10(13)7-14/h2-4,10,14H,5,7,13H2,1H3. The van der Waals surface area contributed by atoms with Crippen LogP contribution in [0.1, 0.15) is 11.1 Å². The van der Waals surface area contributed by atoms with Crippen LogP contribution < -0.4 is 10.5 Å². The molecule has 0 bridgehead atoms. The number of benzene rings is 1. The zero-order valence-corrected chi connectivity index (χ0v) is 8.60. The van der Waals surface area contributed by atoms with Crippen LogP contribution in [0.25, 0.3) is 0 Å². The predicted molar refractivity (Wildman–Crippen MR) is 56.5 cm³/mol. The summed E-state index contributed by atoms with van der Waals surface area (Å²) < 4.78 is 5.14. The molecule has 0 saturated heterocycles. The van der Waals surface area contributed by atoms with Gasteiger partial charge in [0.25, 0.3) is 0 Å². The second-order valence-corrected chi connectivity index (χ2v) is 3.29. The quantitative estimate of drug-likeness (QED) is 0.748. The summed E-state index contributed by atoms with van der Waals surface area (Å²) in [7, 11) is 1.55. The summed E-state index contributed by atoms with van der Waals surface area (Å²) in [5.74, 6) is 0.637. The zero-order chi connectivity index (χ0) is 11.3. The average molecular weight is 206 g/mol. The number of methoxy groups -OCH3 is 1. The van der Waals surface area contributed by atoms with Gasteiger partial charge in [0.2, 0.25) is 0 Å². The van der Waals surface area contributed by atoms with Gasteiger partial charge in [0.15, 0.2) is 0 Å². The Morgan fingerprint density at radius 1 is 1.60 bits per heavy atom. The lowest BCUT2D eigenvalue weighted by atomic mass is 10.0. The Morgan fingerprint density at radius 3 is 2.87 bits per heavy atom. The van der Waals surface area contributed by atoms with Gasteiger partial charge in [-0.25, -0.2) is 0 Å². The lowest BCUT2D eigenvalue weighted by molar-refractivity contribution is 0.264. The van der Waals surface area contributed by atoms with Crippen molar-refractivity contribution in [1.29, 1.82) is 5.26 Å². The highest BCUT2D eigenvalue weighted by Gasteiger charge is 2.08. The number of nitrogens with zero attached hydrogens (tertiary/aromatic N) is 1. The molecule has 0 aliphatic rings. The molecule has 0 aliphatic carbocycles. The van der Waals surface area contributed by atoms with Crippen LogP contribution in [-0.2, 0) is 6.42 Å². The van der Waals surface area contributed by atoms with Crippen molar-refractivity contribution >= 4 is 0 Å². The normalized spacial score (nSPS) is 11.9. The van der Waals surface area contributed by atoms with Gasteiger partial charge in [-0.3, -0.25) is 0 Å². The van der Waals surface area contributed by atoms with E-state index in [-0.39, 0.29) is 12.6 Å². The second kappa shape index (κ2) is 5.35. The molecule has 80 valence electrons. The Labute approximate surface area is 88.9 Å². The van der Waals surface area contributed by atoms with Crippen LogP contribution >= 0.6 is 0 Å². The molecule has 1 aromatic carbocycles. The largest absolute Gasteiger partial charge is 0.496 e. The number of aliphatic hydroxyl groups excluding tert-OH is 1. The number of hydrogen-bond donors (Lipinski definition) is 2. The van der Waals surface area contributed by atoms with E-state index in [1.54, 1.807) is 25.3 Å². The first kappa shape index (κ1) is 11.5. The van der Waals surface area contributed by atoms with Gasteiger partial charge in [-0.1, -0.05) is 6.07 Å². The number of aliphatic hydroxyl groups is 1. The molecule has 1 atom stereocenters. The van der Waals surface area contributed by atoms with Crippen molar-refractivity contribution in [2.24, 2.45) is 5.73 Å². The topological polar surface area (TPSA) is 79.3 Å². The van der Waals surface area contributed by atoms with Crippen molar-refractivity contribution in [3.05, 3.63) is 29.3 Å². The smallest absolute Gasteiger partial charge is 0.123 e. The lowest BCUT2D eigenvalue weighted by Crippen LogP contribution is -2.27. The molecule has 0 heterocycles. The van der Waals surface area contributed by atoms with Gasteiger partial charge < -0.3 is 15.6 Å². The lowest BCUT2D eigenvalue weighted by Gasteiger charge is -2.12. The molecule has 1 rings (SSSR count). The van der Waals surface area contributed by atoms with Gasteiger partial charge in [0.05, 0.1) is 25.3 Å². The molecule has 0 aromatic heterocycles. The average Bonchev–Trinajstić information content (AvgIpc) is 2.29. The Hall–Kier alpha value is -1.57. The molecule has 4 heteroatoms. The molecular weight excluding hydrogens is 192 g/mol. The van der Waals surface area contributed by atoms with Crippen LogP contribution in [0.2, 0.25) is 0 Å². The molecule has 1 unspecified atom stereocenters. The third-order valence-corrected chi connectivity index (χ3v) is 2.13. The van der Waals surface area contributed by atoms with Gasteiger partial charge in [-0.05, 0) is 24.1 Å². The van der Waals surface area contributed by atoms with E-state index in [9.17, 15) is 0 Å². The maximum atomic E-state index is 8.84. The molecule has 0 amide bonds. The number of ether oxygens (including phenoxy) is 1. The molecule has 0 aliphatic heterocycles. The fourth-order valence-electron chi connectivity index (χ4n) is 1.33. The van der Waals surface area contributed by atoms with Crippen LogP contribution in [0.15, 0.2) is 18.2 Å². The molecule has 0 fully saturated rings. The van der Waals surface area contributed by atoms with Crippen molar-refractivity contribution in [2.45, 2.75) is 12.5 Å². The van der Waals surface area contributed by atoms with Crippen LogP contribution in [0, 0.1) is 11.3 Å². The Kier molecular flexibility index (Phi) is 4.10. The van der Waals surface area contributed by atoms with E-state index in [2.05, 4.69) is 0 Å². The van der Waals surface area contributed by atoms with E-state index in [0.29, 0.717) is 17.7 Å². The van der Waals surface area contributed by atoms with Gasteiger partial charge in [0, 0.05) is 6.04 Å². The van der Waals surface area contributed by atoms with E-state index in [0.717, 1.165) is 5.56 Å². The summed E-state index contributed by atoms with van der Waals surface area (Å²) in [6.45, 7) is -0.0663. The number of nitriles is 1. The molecule has 1 aromatic rings. The van der Waals surface area contributed by atoms with Crippen molar-refractivity contribution in [3.63, 3.8) is 0 Å². The van der Waals surface area contributed by atoms with Crippen molar-refractivity contribution in [1.82, 2.24) is 0 Å². The summed E-state index contributed by atoms with van der Waals surface area (Å²) in [5, 5.41) is 17.5. The van der Waals surface area contributed by atoms with Gasteiger partial charge in [-0.2, -0.15) is 5.26 Å². The highest BCUT2D eigenvalue weighted by atomic mass is 16.5. The number of rotatable bonds is 4. The molecule has 4 nitrogen and oxygen atoms in total. The SMILES string of the molecule is COc1cc(C#N)ccc1CC(N)CO. The van der Waals surface area contributed by atoms with Gasteiger partial charge >= 0.3 is 0 Å². The van der Waals surface area contributed by atoms with Gasteiger partial charge in [-0.15, -0.1) is 0 Å². The predicted octanol–water partition coefficient (Wildman–Crippen LogP) is 0.429.